The molecule has 198 valence electrons. The molecule has 0 spiro atoms. The summed E-state index contributed by atoms with van der Waals surface area (Å²) in [5, 5.41) is 18.7. The number of carbonyl (C=O) groups is 1. The van der Waals surface area contributed by atoms with Crippen LogP contribution in [0, 0.1) is 11.8 Å². The van der Waals surface area contributed by atoms with Crippen molar-refractivity contribution in [3.8, 4) is 0 Å². The van der Waals surface area contributed by atoms with Crippen LogP contribution in [0.15, 0.2) is 28.7 Å². The first-order valence-electron chi connectivity index (χ1n) is 13.6. The van der Waals surface area contributed by atoms with E-state index in [0.717, 1.165) is 55.2 Å². The Labute approximate surface area is 220 Å². The normalized spacial score (nSPS) is 21.9. The fourth-order valence-corrected chi connectivity index (χ4v) is 6.46. The SMILES string of the molecule is CNC[C@H](CC1CCCCC1)NC(=O)N1CCC[C@@H]([C@@](O)(CCCCOC)c2cccc(Br)c2)C1. The van der Waals surface area contributed by atoms with E-state index in [-0.39, 0.29) is 18.0 Å². The first-order chi connectivity index (χ1) is 17.0. The summed E-state index contributed by atoms with van der Waals surface area (Å²) >= 11 is 3.58. The van der Waals surface area contributed by atoms with Gasteiger partial charge in [-0.3, -0.25) is 0 Å². The smallest absolute Gasteiger partial charge is 0.317 e. The number of likely N-dealkylation sites (tertiary alicyclic amines) is 1. The molecule has 0 unspecified atom stereocenters. The van der Waals surface area contributed by atoms with Crippen molar-refractivity contribution in [3.63, 3.8) is 0 Å². The van der Waals surface area contributed by atoms with Crippen LogP contribution in [-0.2, 0) is 10.3 Å². The van der Waals surface area contributed by atoms with Crippen LogP contribution in [0.2, 0.25) is 0 Å². The van der Waals surface area contributed by atoms with E-state index in [4.69, 9.17) is 4.74 Å². The van der Waals surface area contributed by atoms with Crippen molar-refractivity contribution in [1.29, 1.82) is 0 Å². The molecular weight excluding hydrogens is 506 g/mol. The minimum Gasteiger partial charge on any atom is -0.385 e. The number of urea groups is 1. The molecule has 1 heterocycles. The zero-order valence-corrected chi connectivity index (χ0v) is 23.3. The van der Waals surface area contributed by atoms with Gasteiger partial charge in [-0.1, -0.05) is 60.2 Å². The Kier molecular flexibility index (Phi) is 11.8. The fourth-order valence-electron chi connectivity index (χ4n) is 6.07. The highest BCUT2D eigenvalue weighted by Crippen LogP contribution is 2.40. The van der Waals surface area contributed by atoms with Crippen molar-refractivity contribution < 1.29 is 14.6 Å². The summed E-state index contributed by atoms with van der Waals surface area (Å²) in [4.78, 5) is 15.3. The molecule has 0 aromatic heterocycles. The minimum absolute atomic E-state index is 0.0000560. The van der Waals surface area contributed by atoms with E-state index in [2.05, 4.69) is 26.6 Å². The van der Waals surface area contributed by atoms with Gasteiger partial charge in [0.05, 0.1) is 5.60 Å². The number of amides is 2. The molecule has 2 fully saturated rings. The number of halogens is 1. The summed E-state index contributed by atoms with van der Waals surface area (Å²) in [6, 6.07) is 8.19. The molecule has 0 bridgehead atoms. The largest absolute Gasteiger partial charge is 0.385 e. The number of benzene rings is 1. The molecule has 35 heavy (non-hydrogen) atoms. The van der Waals surface area contributed by atoms with Gasteiger partial charge in [0.2, 0.25) is 0 Å². The van der Waals surface area contributed by atoms with Gasteiger partial charge in [-0.05, 0) is 69.2 Å². The Morgan fingerprint density at radius 2 is 2.03 bits per heavy atom. The van der Waals surface area contributed by atoms with Gasteiger partial charge >= 0.3 is 6.03 Å². The number of methoxy groups -OCH3 is 1. The molecule has 0 radical (unpaired) electrons. The van der Waals surface area contributed by atoms with Gasteiger partial charge in [-0.25, -0.2) is 4.79 Å². The Morgan fingerprint density at radius 3 is 2.74 bits per heavy atom. The van der Waals surface area contributed by atoms with Crippen LogP contribution in [0.3, 0.4) is 0 Å². The number of ether oxygens (including phenoxy) is 1. The number of hydrogen-bond acceptors (Lipinski definition) is 4. The monoisotopic (exact) mass is 551 g/mol. The van der Waals surface area contributed by atoms with E-state index in [1.54, 1.807) is 7.11 Å². The number of likely N-dealkylation sites (N-methyl/N-ethyl adjacent to an activating group) is 1. The third-order valence-electron chi connectivity index (χ3n) is 7.99. The maximum Gasteiger partial charge on any atom is 0.317 e. The van der Waals surface area contributed by atoms with Gasteiger partial charge < -0.3 is 25.4 Å². The van der Waals surface area contributed by atoms with Crippen molar-refractivity contribution in [2.24, 2.45) is 11.8 Å². The Morgan fingerprint density at radius 1 is 1.23 bits per heavy atom. The molecule has 1 aromatic carbocycles. The summed E-state index contributed by atoms with van der Waals surface area (Å²) in [5.74, 6) is 0.713. The lowest BCUT2D eigenvalue weighted by Crippen LogP contribution is -2.54. The van der Waals surface area contributed by atoms with E-state index in [1.807, 2.05) is 36.2 Å². The maximum absolute atomic E-state index is 13.4. The lowest BCUT2D eigenvalue weighted by Gasteiger charge is -2.43. The van der Waals surface area contributed by atoms with E-state index < -0.39 is 5.60 Å². The zero-order valence-electron chi connectivity index (χ0n) is 21.7. The van der Waals surface area contributed by atoms with Crippen molar-refractivity contribution in [3.05, 3.63) is 34.3 Å². The molecule has 1 aromatic rings. The second-order valence-corrected chi connectivity index (χ2v) is 11.5. The van der Waals surface area contributed by atoms with Gasteiger partial charge in [-0.15, -0.1) is 0 Å². The number of piperidine rings is 1. The van der Waals surface area contributed by atoms with Crippen LogP contribution in [0.1, 0.15) is 76.2 Å². The van der Waals surface area contributed by atoms with E-state index in [1.165, 1.54) is 32.1 Å². The third kappa shape index (κ3) is 8.44. The number of aliphatic hydroxyl groups is 1. The summed E-state index contributed by atoms with van der Waals surface area (Å²) in [6.07, 6.45) is 11.9. The number of hydrogen-bond donors (Lipinski definition) is 3. The minimum atomic E-state index is -0.969. The maximum atomic E-state index is 13.4. The van der Waals surface area contributed by atoms with Crippen LogP contribution < -0.4 is 10.6 Å². The molecule has 3 N–H and O–H groups in total. The van der Waals surface area contributed by atoms with Crippen LogP contribution >= 0.6 is 15.9 Å². The van der Waals surface area contributed by atoms with Crippen molar-refractivity contribution >= 4 is 22.0 Å². The summed E-state index contributed by atoms with van der Waals surface area (Å²) < 4.78 is 6.20. The summed E-state index contributed by atoms with van der Waals surface area (Å²) in [6.45, 7) is 2.81. The molecule has 2 aliphatic rings. The van der Waals surface area contributed by atoms with Gasteiger partial charge in [0.15, 0.2) is 0 Å². The number of nitrogens with zero attached hydrogens (tertiary/aromatic N) is 1. The first-order valence-corrected chi connectivity index (χ1v) is 14.4. The highest BCUT2D eigenvalue weighted by atomic mass is 79.9. The topological polar surface area (TPSA) is 73.8 Å². The Balaban J connectivity index is 1.67. The Bertz CT molecular complexity index is 774. The summed E-state index contributed by atoms with van der Waals surface area (Å²) in [7, 11) is 3.67. The van der Waals surface area contributed by atoms with Crippen LogP contribution in [0.25, 0.3) is 0 Å². The molecule has 1 saturated carbocycles. The molecule has 2 amide bonds. The predicted molar refractivity (Wildman–Crippen MR) is 146 cm³/mol. The van der Waals surface area contributed by atoms with Gasteiger partial charge in [0.1, 0.15) is 0 Å². The fraction of sp³-hybridized carbons (Fsp3) is 0.750. The highest BCUT2D eigenvalue weighted by molar-refractivity contribution is 9.10. The zero-order chi connectivity index (χ0) is 25.1. The van der Waals surface area contributed by atoms with E-state index in [9.17, 15) is 9.90 Å². The third-order valence-corrected chi connectivity index (χ3v) is 8.48. The molecule has 1 aliphatic carbocycles. The van der Waals surface area contributed by atoms with Crippen molar-refractivity contribution in [1.82, 2.24) is 15.5 Å². The molecular formula is C28H46BrN3O3. The second-order valence-electron chi connectivity index (χ2n) is 10.6. The van der Waals surface area contributed by atoms with Crippen molar-refractivity contribution in [2.75, 3.05) is 40.4 Å². The second kappa shape index (κ2) is 14.6. The molecule has 3 rings (SSSR count). The van der Waals surface area contributed by atoms with Gasteiger partial charge in [0, 0.05) is 49.8 Å². The standard InChI is InChI=1S/C28H46BrN3O3/c1-30-20-26(18-22-10-4-3-5-11-22)31-27(33)32-16-9-13-24(21-32)28(34,15-6-7-17-35-2)23-12-8-14-25(29)19-23/h8,12,14,19,22,24,26,30,34H,3-7,9-11,13,15-18,20-21H2,1-2H3,(H,31,33)/t24-,26+,28-/m1/s1. The van der Waals surface area contributed by atoms with E-state index in [0.29, 0.717) is 25.5 Å². The van der Waals surface area contributed by atoms with Gasteiger partial charge in [0.25, 0.3) is 0 Å². The molecule has 6 nitrogen and oxygen atoms in total. The highest BCUT2D eigenvalue weighted by Gasteiger charge is 2.41. The van der Waals surface area contributed by atoms with Crippen molar-refractivity contribution in [2.45, 2.75) is 82.3 Å². The average Bonchev–Trinajstić information content (AvgIpc) is 2.87. The summed E-state index contributed by atoms with van der Waals surface area (Å²) in [5.41, 5.74) is -0.0370. The quantitative estimate of drug-likeness (QED) is 0.302. The molecule has 3 atom stereocenters. The lowest BCUT2D eigenvalue weighted by molar-refractivity contribution is -0.0564. The average molecular weight is 553 g/mol. The lowest BCUT2D eigenvalue weighted by atomic mass is 9.74. The van der Waals surface area contributed by atoms with E-state index >= 15 is 0 Å². The van der Waals surface area contributed by atoms with Gasteiger partial charge in [-0.2, -0.15) is 0 Å². The van der Waals surface area contributed by atoms with Crippen LogP contribution in [-0.4, -0.2) is 62.5 Å². The van der Waals surface area contributed by atoms with Crippen LogP contribution in [0.5, 0.6) is 0 Å². The molecule has 1 aliphatic heterocycles. The predicted octanol–water partition coefficient (Wildman–Crippen LogP) is 5.43. The number of unbranched alkanes of at least 4 members (excludes halogenated alkanes) is 1. The number of nitrogens with one attached hydrogen (secondary N) is 2. The number of rotatable bonds is 12. The Hall–Kier alpha value is -1.15. The molecule has 1 saturated heterocycles. The van der Waals surface area contributed by atoms with Crippen LogP contribution in [0.4, 0.5) is 4.79 Å². The molecule has 7 heteroatoms. The first kappa shape index (κ1) is 28.4. The number of carbonyl (C=O) groups excluding carboxylic acids is 1.